The zero-order valence-corrected chi connectivity index (χ0v) is 12.6. The van der Waals surface area contributed by atoms with Crippen LogP contribution < -0.4 is 9.64 Å². The quantitative estimate of drug-likeness (QED) is 0.638. The number of benzene rings is 1. The number of fused-ring (bicyclic) bond motifs is 1. The van der Waals surface area contributed by atoms with Crippen LogP contribution in [0.3, 0.4) is 0 Å². The summed E-state index contributed by atoms with van der Waals surface area (Å²) in [5.74, 6) is -0.477. The summed E-state index contributed by atoms with van der Waals surface area (Å²) in [7, 11) is 3.27. The minimum Gasteiger partial charge on any atom is -0.495 e. The molecule has 6 heteroatoms. The Balaban J connectivity index is 1.97. The van der Waals surface area contributed by atoms with Crippen molar-refractivity contribution in [3.8, 4) is 5.75 Å². The lowest BCUT2D eigenvalue weighted by atomic mass is 10.00. The van der Waals surface area contributed by atoms with Gasteiger partial charge in [-0.25, -0.2) is 0 Å². The van der Waals surface area contributed by atoms with Crippen LogP contribution in [-0.2, 0) is 18.3 Å². The number of anilines is 1. The molecule has 1 aliphatic heterocycles. The Bertz CT molecular complexity index is 722. The number of ether oxygens (including phenoxy) is 1. The number of hydrogen-bond acceptors (Lipinski definition) is 4. The molecule has 0 radical (unpaired) electrons. The number of nitrogens with zero attached hydrogens (tertiary/aromatic N) is 3. The van der Waals surface area contributed by atoms with Crippen molar-refractivity contribution in [2.45, 2.75) is 12.8 Å². The summed E-state index contributed by atoms with van der Waals surface area (Å²) >= 11 is 0. The van der Waals surface area contributed by atoms with Crippen LogP contribution in [0, 0.1) is 0 Å². The molecule has 114 valence electrons. The lowest BCUT2D eigenvalue weighted by Crippen LogP contribution is -2.40. The first-order chi connectivity index (χ1) is 10.6. The predicted molar refractivity (Wildman–Crippen MR) is 81.2 cm³/mol. The molecule has 0 bridgehead atoms. The van der Waals surface area contributed by atoms with Crippen LogP contribution in [0.2, 0.25) is 0 Å². The van der Waals surface area contributed by atoms with E-state index in [1.165, 1.54) is 15.8 Å². The molecule has 0 atom stereocenters. The van der Waals surface area contributed by atoms with Gasteiger partial charge < -0.3 is 9.64 Å². The maximum absolute atomic E-state index is 12.6. The van der Waals surface area contributed by atoms with Gasteiger partial charge in [0, 0.05) is 19.8 Å². The highest BCUT2D eigenvalue weighted by atomic mass is 16.5. The van der Waals surface area contributed by atoms with E-state index in [0.29, 0.717) is 23.5 Å². The first-order valence-corrected chi connectivity index (χ1v) is 7.12. The van der Waals surface area contributed by atoms with E-state index in [1.807, 2.05) is 12.1 Å². The van der Waals surface area contributed by atoms with Gasteiger partial charge in [0.1, 0.15) is 5.75 Å². The number of methoxy groups -OCH3 is 1. The second-order valence-electron chi connectivity index (χ2n) is 5.26. The van der Waals surface area contributed by atoms with E-state index in [9.17, 15) is 9.59 Å². The van der Waals surface area contributed by atoms with Crippen molar-refractivity contribution in [3.63, 3.8) is 0 Å². The summed E-state index contributed by atoms with van der Waals surface area (Å²) in [5, 5.41) is 3.94. The largest absolute Gasteiger partial charge is 0.495 e. The monoisotopic (exact) mass is 299 g/mol. The first kappa shape index (κ1) is 14.3. The van der Waals surface area contributed by atoms with Crippen LogP contribution in [0.1, 0.15) is 22.3 Å². The molecule has 0 saturated heterocycles. The van der Waals surface area contributed by atoms with Crippen molar-refractivity contribution in [2.75, 3.05) is 18.6 Å². The van der Waals surface area contributed by atoms with Crippen molar-refractivity contribution >= 4 is 17.4 Å². The normalized spacial score (nSPS) is 13.6. The molecule has 1 aromatic heterocycles. The first-order valence-electron chi connectivity index (χ1n) is 7.12. The number of ketones is 1. The van der Waals surface area contributed by atoms with Crippen molar-refractivity contribution in [1.82, 2.24) is 9.78 Å². The Hall–Kier alpha value is -2.63. The number of aryl methyl sites for hydroxylation is 2. The fraction of sp³-hybridized carbons (Fsp3) is 0.312. The van der Waals surface area contributed by atoms with E-state index < -0.39 is 11.7 Å². The number of rotatable bonds is 3. The van der Waals surface area contributed by atoms with Gasteiger partial charge in [0.15, 0.2) is 0 Å². The second-order valence-corrected chi connectivity index (χ2v) is 5.26. The highest BCUT2D eigenvalue weighted by molar-refractivity contribution is 6.47. The van der Waals surface area contributed by atoms with Crippen LogP contribution >= 0.6 is 0 Å². The summed E-state index contributed by atoms with van der Waals surface area (Å²) in [5.41, 5.74) is 2.03. The predicted octanol–water partition coefficient (Wildman–Crippen LogP) is 1.59. The summed E-state index contributed by atoms with van der Waals surface area (Å²) < 4.78 is 6.87. The molecule has 1 aliphatic rings. The number of hydrogen-bond donors (Lipinski definition) is 0. The Morgan fingerprint density at radius 3 is 2.82 bits per heavy atom. The Morgan fingerprint density at radius 2 is 2.14 bits per heavy atom. The van der Waals surface area contributed by atoms with Crippen LogP contribution in [0.15, 0.2) is 30.6 Å². The fourth-order valence-electron chi connectivity index (χ4n) is 2.77. The highest BCUT2D eigenvalue weighted by Gasteiger charge is 2.31. The summed E-state index contributed by atoms with van der Waals surface area (Å²) in [6.07, 6.45) is 4.66. The number of para-hydroxylation sites is 1. The standard InChI is InChI=1S/C16H17N3O3/c1-18-10-12(9-17-18)15(20)16(21)19-8-4-6-11-5-3-7-13(22-2)14(11)19/h3,5,7,9-10H,4,6,8H2,1-2H3. The highest BCUT2D eigenvalue weighted by Crippen LogP contribution is 2.36. The Kier molecular flexibility index (Phi) is 3.66. The average Bonchev–Trinajstić information content (AvgIpc) is 2.98. The molecule has 3 rings (SSSR count). The zero-order chi connectivity index (χ0) is 15.7. The molecule has 0 saturated carbocycles. The van der Waals surface area contributed by atoms with E-state index in [-0.39, 0.29) is 0 Å². The summed E-state index contributed by atoms with van der Waals surface area (Å²) in [6, 6.07) is 5.67. The van der Waals surface area contributed by atoms with Gasteiger partial charge in [0.25, 0.3) is 11.7 Å². The molecule has 0 unspecified atom stereocenters. The third-order valence-corrected chi connectivity index (χ3v) is 3.81. The van der Waals surface area contributed by atoms with Crippen LogP contribution in [0.25, 0.3) is 0 Å². The molecule has 0 fully saturated rings. The molecule has 6 nitrogen and oxygen atoms in total. The lowest BCUT2D eigenvalue weighted by molar-refractivity contribution is -0.114. The molecule has 1 amide bonds. The van der Waals surface area contributed by atoms with Gasteiger partial charge in [-0.1, -0.05) is 12.1 Å². The minimum atomic E-state index is -0.549. The third-order valence-electron chi connectivity index (χ3n) is 3.81. The van der Waals surface area contributed by atoms with Gasteiger partial charge in [0.2, 0.25) is 0 Å². The Morgan fingerprint density at radius 1 is 1.32 bits per heavy atom. The average molecular weight is 299 g/mol. The van der Waals surface area contributed by atoms with Gasteiger partial charge in [-0.2, -0.15) is 5.10 Å². The SMILES string of the molecule is COc1cccc2c1N(C(=O)C(=O)c1cnn(C)c1)CCC2. The number of amides is 1. The van der Waals surface area contributed by atoms with Crippen molar-refractivity contribution in [1.29, 1.82) is 0 Å². The summed E-state index contributed by atoms with van der Waals surface area (Å²) in [6.45, 7) is 0.512. The smallest absolute Gasteiger partial charge is 0.299 e. The molecule has 1 aromatic carbocycles. The molecule has 0 aliphatic carbocycles. The third kappa shape index (κ3) is 2.36. The number of Topliss-reactive ketones (excluding diaryl/α,β-unsaturated/α-hetero) is 1. The lowest BCUT2D eigenvalue weighted by Gasteiger charge is -2.30. The molecule has 2 aromatic rings. The molecular weight excluding hydrogens is 282 g/mol. The van der Waals surface area contributed by atoms with Crippen LogP contribution in [-0.4, -0.2) is 35.1 Å². The van der Waals surface area contributed by atoms with Gasteiger partial charge in [-0.3, -0.25) is 14.3 Å². The van der Waals surface area contributed by atoms with Gasteiger partial charge >= 0.3 is 0 Å². The topological polar surface area (TPSA) is 64.4 Å². The van der Waals surface area contributed by atoms with Gasteiger partial charge in [-0.05, 0) is 24.5 Å². The van der Waals surface area contributed by atoms with Crippen molar-refractivity contribution in [2.24, 2.45) is 7.05 Å². The fourth-order valence-corrected chi connectivity index (χ4v) is 2.77. The number of aromatic nitrogens is 2. The maximum atomic E-state index is 12.6. The van der Waals surface area contributed by atoms with E-state index in [4.69, 9.17) is 4.74 Å². The minimum absolute atomic E-state index is 0.300. The molecular formula is C16H17N3O3. The maximum Gasteiger partial charge on any atom is 0.299 e. The number of carbonyl (C=O) groups excluding carboxylic acids is 2. The van der Waals surface area contributed by atoms with E-state index in [2.05, 4.69) is 5.10 Å². The molecule has 2 heterocycles. The molecule has 22 heavy (non-hydrogen) atoms. The number of carbonyl (C=O) groups is 2. The van der Waals surface area contributed by atoms with E-state index in [1.54, 1.807) is 26.4 Å². The van der Waals surface area contributed by atoms with Crippen molar-refractivity contribution < 1.29 is 14.3 Å². The second kappa shape index (κ2) is 5.63. The van der Waals surface area contributed by atoms with Crippen molar-refractivity contribution in [3.05, 3.63) is 41.7 Å². The van der Waals surface area contributed by atoms with Gasteiger partial charge in [0.05, 0.1) is 24.6 Å². The zero-order valence-electron chi connectivity index (χ0n) is 12.6. The van der Waals surface area contributed by atoms with Crippen LogP contribution in [0.4, 0.5) is 5.69 Å². The summed E-state index contributed by atoms with van der Waals surface area (Å²) in [4.78, 5) is 26.5. The Labute approximate surface area is 128 Å². The van der Waals surface area contributed by atoms with Gasteiger partial charge in [-0.15, -0.1) is 0 Å². The molecule has 0 N–H and O–H groups in total. The van der Waals surface area contributed by atoms with E-state index in [0.717, 1.165) is 18.4 Å². The van der Waals surface area contributed by atoms with E-state index >= 15 is 0 Å². The molecule has 0 spiro atoms. The van der Waals surface area contributed by atoms with Crippen LogP contribution in [0.5, 0.6) is 5.75 Å².